The highest BCUT2D eigenvalue weighted by molar-refractivity contribution is 5.69. The largest absolute Gasteiger partial charge is 1.00 e. The van der Waals surface area contributed by atoms with Crippen molar-refractivity contribution in [3.05, 3.63) is 47.0 Å². The minimum Gasteiger partial charge on any atom is -1.00 e. The van der Waals surface area contributed by atoms with Crippen LogP contribution in [0.25, 0.3) is 0 Å². The van der Waals surface area contributed by atoms with Gasteiger partial charge in [0, 0.05) is 18.4 Å². The maximum absolute atomic E-state index is 11.9. The number of quaternary nitrogens is 1. The molecule has 2 aromatic rings. The molecule has 182 valence electrons. The summed E-state index contributed by atoms with van der Waals surface area (Å²) in [6.07, 6.45) is 2.05. The quantitative estimate of drug-likeness (QED) is 0.250. The van der Waals surface area contributed by atoms with Crippen LogP contribution >= 0.6 is 0 Å². The number of nitrogens with zero attached hydrogens (tertiary/aromatic N) is 1. The summed E-state index contributed by atoms with van der Waals surface area (Å²) in [6.45, 7) is 1.61. The van der Waals surface area contributed by atoms with Crippen molar-refractivity contribution in [3.63, 3.8) is 0 Å². The summed E-state index contributed by atoms with van der Waals surface area (Å²) in [5.74, 6) is 2.67. The molecule has 2 atom stereocenters. The summed E-state index contributed by atoms with van der Waals surface area (Å²) in [5.41, 5.74) is 3.61. The van der Waals surface area contributed by atoms with Gasteiger partial charge in [-0.3, -0.25) is 4.79 Å². The molecule has 0 amide bonds. The summed E-state index contributed by atoms with van der Waals surface area (Å²) >= 11 is 0. The maximum atomic E-state index is 11.9. The first-order chi connectivity index (χ1) is 15.4. The molecule has 0 aromatic heterocycles. The lowest BCUT2D eigenvalue weighted by Crippen LogP contribution is -3.00. The summed E-state index contributed by atoms with van der Waals surface area (Å²) in [5, 5.41) is 0. The summed E-state index contributed by atoms with van der Waals surface area (Å²) in [6, 6.07) is 10.3. The van der Waals surface area contributed by atoms with E-state index in [-0.39, 0.29) is 36.0 Å². The molecular weight excluding hydrogens is 537 g/mol. The van der Waals surface area contributed by atoms with Crippen molar-refractivity contribution in [3.8, 4) is 23.0 Å². The van der Waals surface area contributed by atoms with Crippen LogP contribution in [-0.2, 0) is 22.4 Å². The first-order valence-corrected chi connectivity index (χ1v) is 10.8. The Bertz CT molecular complexity index is 966. The molecule has 0 bridgehead atoms. The van der Waals surface area contributed by atoms with Gasteiger partial charge in [0.1, 0.15) is 6.04 Å². The highest BCUT2D eigenvalue weighted by atomic mass is 127. The second kappa shape index (κ2) is 11.8. The molecule has 1 aliphatic rings. The molecule has 0 N–H and O–H groups in total. The van der Waals surface area contributed by atoms with Crippen LogP contribution in [0.2, 0.25) is 0 Å². The summed E-state index contributed by atoms with van der Waals surface area (Å²) in [7, 11) is 10.2. The molecular formula is C25H34INO6. The number of methoxy groups -OCH3 is 5. The number of carbonyl (C=O) groups is 1. The lowest BCUT2D eigenvalue weighted by molar-refractivity contribution is -0.940. The van der Waals surface area contributed by atoms with Gasteiger partial charge in [-0.1, -0.05) is 6.07 Å². The normalized spacial score (nSPS) is 19.0. The molecule has 0 fully saturated rings. The zero-order valence-corrected chi connectivity index (χ0v) is 22.4. The zero-order valence-electron chi connectivity index (χ0n) is 20.3. The van der Waals surface area contributed by atoms with Gasteiger partial charge in [0.2, 0.25) is 0 Å². The van der Waals surface area contributed by atoms with Gasteiger partial charge >= 0.3 is 5.97 Å². The van der Waals surface area contributed by atoms with Gasteiger partial charge in [-0.25, -0.2) is 0 Å². The van der Waals surface area contributed by atoms with Crippen LogP contribution in [0, 0.1) is 0 Å². The third-order valence-electron chi connectivity index (χ3n) is 6.58. The van der Waals surface area contributed by atoms with Crippen molar-refractivity contribution in [1.29, 1.82) is 0 Å². The van der Waals surface area contributed by atoms with E-state index in [1.165, 1.54) is 18.2 Å². The monoisotopic (exact) mass is 571 g/mol. The van der Waals surface area contributed by atoms with Crippen LogP contribution in [0.1, 0.15) is 29.2 Å². The van der Waals surface area contributed by atoms with Crippen molar-refractivity contribution in [2.75, 3.05) is 55.7 Å². The molecule has 0 aliphatic carbocycles. The van der Waals surface area contributed by atoms with Crippen LogP contribution in [0.3, 0.4) is 0 Å². The number of ether oxygens (including phenoxy) is 5. The number of hydrogen-bond acceptors (Lipinski definition) is 6. The zero-order chi connectivity index (χ0) is 23.3. The van der Waals surface area contributed by atoms with Gasteiger partial charge in [0.05, 0.1) is 62.1 Å². The molecule has 7 nitrogen and oxygen atoms in total. The lowest BCUT2D eigenvalue weighted by atomic mass is 9.86. The number of rotatable bonds is 9. The molecule has 1 unspecified atom stereocenters. The number of likely N-dealkylation sites (N-methyl/N-ethyl adjacent to an activating group) is 1. The fourth-order valence-corrected chi connectivity index (χ4v) is 4.61. The van der Waals surface area contributed by atoms with Crippen LogP contribution in [0.4, 0.5) is 0 Å². The highest BCUT2D eigenvalue weighted by Crippen LogP contribution is 2.43. The van der Waals surface area contributed by atoms with E-state index in [0.717, 1.165) is 35.2 Å². The Balaban J connectivity index is 0.00000385. The SMILES string of the molecule is COC(=O)CC[N+]1(C)CCc2cc(OC)c(OC)cc2[C@H]1Cc1ccc(OC)c(OC)c1.[I-]. The Morgan fingerprint density at radius 3 is 2.12 bits per heavy atom. The molecule has 8 heteroatoms. The molecule has 0 radical (unpaired) electrons. The van der Waals surface area contributed by atoms with E-state index in [9.17, 15) is 4.79 Å². The van der Waals surface area contributed by atoms with Crippen molar-refractivity contribution >= 4 is 5.97 Å². The number of carbonyl (C=O) groups excluding carboxylic acids is 1. The minimum atomic E-state index is -0.188. The predicted molar refractivity (Wildman–Crippen MR) is 122 cm³/mol. The van der Waals surface area contributed by atoms with E-state index in [2.05, 4.69) is 25.2 Å². The predicted octanol–water partition coefficient (Wildman–Crippen LogP) is 0.575. The van der Waals surface area contributed by atoms with Gasteiger partial charge in [-0.2, -0.15) is 0 Å². The number of hydrogen-bond donors (Lipinski definition) is 0. The van der Waals surface area contributed by atoms with Gasteiger partial charge in [0.25, 0.3) is 0 Å². The third-order valence-corrected chi connectivity index (χ3v) is 6.58. The molecule has 33 heavy (non-hydrogen) atoms. The molecule has 1 heterocycles. The molecule has 3 rings (SSSR count). The third kappa shape index (κ3) is 5.84. The van der Waals surface area contributed by atoms with Crippen LogP contribution < -0.4 is 42.9 Å². The van der Waals surface area contributed by atoms with E-state index in [4.69, 9.17) is 23.7 Å². The second-order valence-corrected chi connectivity index (χ2v) is 8.32. The summed E-state index contributed by atoms with van der Waals surface area (Å²) < 4.78 is 27.7. The molecule has 2 aromatic carbocycles. The maximum Gasteiger partial charge on any atom is 0.311 e. The van der Waals surface area contributed by atoms with Crippen molar-refractivity contribution in [2.45, 2.75) is 25.3 Å². The van der Waals surface area contributed by atoms with Crippen LogP contribution in [0.15, 0.2) is 30.3 Å². The van der Waals surface area contributed by atoms with E-state index in [1.807, 2.05) is 12.1 Å². The number of esters is 1. The lowest BCUT2D eigenvalue weighted by Gasteiger charge is -2.46. The Morgan fingerprint density at radius 2 is 1.52 bits per heavy atom. The molecule has 1 aliphatic heterocycles. The summed E-state index contributed by atoms with van der Waals surface area (Å²) in [4.78, 5) is 11.9. The van der Waals surface area contributed by atoms with Crippen LogP contribution in [0.5, 0.6) is 23.0 Å². The smallest absolute Gasteiger partial charge is 0.311 e. The Kier molecular flexibility index (Phi) is 9.66. The van der Waals surface area contributed by atoms with Gasteiger partial charge < -0.3 is 52.1 Å². The second-order valence-electron chi connectivity index (χ2n) is 8.32. The molecule has 0 spiro atoms. The van der Waals surface area contributed by atoms with E-state index >= 15 is 0 Å². The van der Waals surface area contributed by atoms with E-state index in [1.54, 1.807) is 28.4 Å². The van der Waals surface area contributed by atoms with Crippen molar-refractivity contribution < 1.29 is 56.9 Å². The molecule has 0 saturated carbocycles. The number of benzene rings is 2. The highest BCUT2D eigenvalue weighted by Gasteiger charge is 2.40. The minimum absolute atomic E-state index is 0. The van der Waals surface area contributed by atoms with Gasteiger partial charge in [-0.15, -0.1) is 0 Å². The fraction of sp³-hybridized carbons (Fsp3) is 0.480. The molecule has 0 saturated heterocycles. The average molecular weight is 571 g/mol. The van der Waals surface area contributed by atoms with Crippen LogP contribution in [-0.4, -0.2) is 66.1 Å². The van der Waals surface area contributed by atoms with Gasteiger partial charge in [0.15, 0.2) is 23.0 Å². The first-order valence-electron chi connectivity index (χ1n) is 10.8. The average Bonchev–Trinajstić information content (AvgIpc) is 2.83. The van der Waals surface area contributed by atoms with E-state index < -0.39 is 0 Å². The number of halogens is 1. The first kappa shape index (κ1) is 27.0. The van der Waals surface area contributed by atoms with Gasteiger partial charge in [-0.05, 0) is 35.4 Å². The topological polar surface area (TPSA) is 63.2 Å². The fourth-order valence-electron chi connectivity index (χ4n) is 4.61. The van der Waals surface area contributed by atoms with E-state index in [0.29, 0.717) is 30.2 Å². The standard InChI is InChI=1S/C25H34NO6.HI/c1-26(12-10-25(27)32-6)11-9-18-15-23(30-4)24(31-5)16-19(18)20(26)13-17-7-8-21(28-2)22(14-17)29-3;/h7-8,14-16,20H,9-13H2,1-6H3;1H/q+1;/p-1/t20-,26?;/m1./s1. The Labute approximate surface area is 213 Å². The Hall–Kier alpha value is -2.20. The van der Waals surface area contributed by atoms with Crippen molar-refractivity contribution in [2.24, 2.45) is 0 Å². The van der Waals surface area contributed by atoms with Crippen molar-refractivity contribution in [1.82, 2.24) is 0 Å². The Morgan fingerprint density at radius 1 is 0.909 bits per heavy atom. The number of fused-ring (bicyclic) bond motifs is 1.